The summed E-state index contributed by atoms with van der Waals surface area (Å²) < 4.78 is 8.72. The molecule has 4 aromatic rings. The zero-order valence-corrected chi connectivity index (χ0v) is 20.7. The van der Waals surface area contributed by atoms with Crippen LogP contribution in [0.1, 0.15) is 52.0 Å². The average Bonchev–Trinajstić information content (AvgIpc) is 3.50. The minimum atomic E-state index is -0.902. The Morgan fingerprint density at radius 3 is 2.88 bits per heavy atom. The standard InChI is InChI=1S/C26H27BrN4O3/c1-16-11-24(34-2)22(20-7-9-28-25(16)20)15-30-10-8-18(31-14-17(27)13-29-31)12-23(30)19-5-3-4-6-21(19)26(32)33/h3-7,9,11,13-14,18,23,28H,8,10,12,15H2,1-2H3,(H,32,33)/t18-,23-/m1/s1. The van der Waals surface area contributed by atoms with E-state index >= 15 is 0 Å². The SMILES string of the molecule is COc1cc(C)c2[nH]ccc2c1CN1CC[C@@H](n2cc(Br)cn2)C[C@@H]1c1ccccc1C(=O)O. The summed E-state index contributed by atoms with van der Waals surface area (Å²) in [6, 6.07) is 11.6. The first-order valence-electron chi connectivity index (χ1n) is 11.4. The Kier molecular flexibility index (Phi) is 6.18. The minimum Gasteiger partial charge on any atom is -0.496 e. The molecule has 0 radical (unpaired) electrons. The number of aromatic nitrogens is 3. The summed E-state index contributed by atoms with van der Waals surface area (Å²) >= 11 is 3.50. The number of aryl methyl sites for hydroxylation is 1. The molecule has 1 fully saturated rings. The summed E-state index contributed by atoms with van der Waals surface area (Å²) in [5.41, 5.74) is 4.54. The third-order valence-corrected chi connectivity index (χ3v) is 7.28. The molecule has 1 aliphatic rings. The second kappa shape index (κ2) is 9.27. The topological polar surface area (TPSA) is 83.4 Å². The number of H-pyrrole nitrogens is 1. The Labute approximate surface area is 206 Å². The number of piperidine rings is 1. The van der Waals surface area contributed by atoms with Crippen LogP contribution in [0.3, 0.4) is 0 Å². The van der Waals surface area contributed by atoms with Gasteiger partial charge in [0.05, 0.1) is 29.4 Å². The van der Waals surface area contributed by atoms with Crippen LogP contribution in [0.5, 0.6) is 5.75 Å². The van der Waals surface area contributed by atoms with Crippen molar-refractivity contribution in [3.8, 4) is 5.75 Å². The Morgan fingerprint density at radius 1 is 1.32 bits per heavy atom. The predicted molar refractivity (Wildman–Crippen MR) is 134 cm³/mol. The highest BCUT2D eigenvalue weighted by atomic mass is 79.9. The molecule has 1 saturated heterocycles. The predicted octanol–water partition coefficient (Wildman–Crippen LogP) is 5.72. The van der Waals surface area contributed by atoms with Crippen molar-refractivity contribution in [2.45, 2.75) is 38.4 Å². The number of benzene rings is 2. The number of carboxylic acid groups (broad SMARTS) is 1. The van der Waals surface area contributed by atoms with Crippen molar-refractivity contribution in [3.05, 3.63) is 81.7 Å². The highest BCUT2D eigenvalue weighted by molar-refractivity contribution is 9.10. The van der Waals surface area contributed by atoms with Gasteiger partial charge in [-0.1, -0.05) is 18.2 Å². The number of aromatic amines is 1. The van der Waals surface area contributed by atoms with Crippen LogP contribution < -0.4 is 4.74 Å². The minimum absolute atomic E-state index is 0.0750. The Bertz CT molecular complexity index is 1350. The number of halogens is 1. The monoisotopic (exact) mass is 522 g/mol. The van der Waals surface area contributed by atoms with E-state index in [1.807, 2.05) is 29.2 Å². The van der Waals surface area contributed by atoms with Gasteiger partial charge in [-0.15, -0.1) is 0 Å². The molecule has 2 atom stereocenters. The molecule has 0 saturated carbocycles. The van der Waals surface area contributed by atoms with Gasteiger partial charge in [0.25, 0.3) is 0 Å². The highest BCUT2D eigenvalue weighted by Crippen LogP contribution is 2.41. The third kappa shape index (κ3) is 4.12. The molecule has 2 aromatic carbocycles. The van der Waals surface area contributed by atoms with E-state index in [4.69, 9.17) is 4.74 Å². The smallest absolute Gasteiger partial charge is 0.336 e. The summed E-state index contributed by atoms with van der Waals surface area (Å²) in [5.74, 6) is -0.0477. The number of carbonyl (C=O) groups is 1. The molecule has 0 bridgehead atoms. The molecule has 176 valence electrons. The number of rotatable bonds is 6. The van der Waals surface area contributed by atoms with E-state index in [0.29, 0.717) is 12.1 Å². The molecule has 0 unspecified atom stereocenters. The molecule has 0 amide bonds. The zero-order chi connectivity index (χ0) is 23.8. The first kappa shape index (κ1) is 22.7. The van der Waals surface area contributed by atoms with Gasteiger partial charge < -0.3 is 14.8 Å². The van der Waals surface area contributed by atoms with Crippen molar-refractivity contribution >= 4 is 32.8 Å². The van der Waals surface area contributed by atoms with E-state index in [1.54, 1.807) is 25.4 Å². The molecule has 34 heavy (non-hydrogen) atoms. The summed E-state index contributed by atoms with van der Waals surface area (Å²) in [5, 5.41) is 15.6. The van der Waals surface area contributed by atoms with E-state index in [-0.39, 0.29) is 12.1 Å². The summed E-state index contributed by atoms with van der Waals surface area (Å²) in [6.07, 6.45) is 7.44. The van der Waals surface area contributed by atoms with Crippen molar-refractivity contribution in [2.24, 2.45) is 0 Å². The van der Waals surface area contributed by atoms with Crippen molar-refractivity contribution in [2.75, 3.05) is 13.7 Å². The van der Waals surface area contributed by atoms with Crippen LogP contribution in [0.4, 0.5) is 0 Å². The molecular formula is C26H27BrN4O3. The maximum atomic E-state index is 12.1. The molecule has 0 spiro atoms. The number of hydrogen-bond donors (Lipinski definition) is 2. The van der Waals surface area contributed by atoms with Gasteiger partial charge in [0.1, 0.15) is 5.75 Å². The molecule has 2 aromatic heterocycles. The summed E-state index contributed by atoms with van der Waals surface area (Å²) in [7, 11) is 1.70. The largest absolute Gasteiger partial charge is 0.496 e. The van der Waals surface area contributed by atoms with Gasteiger partial charge in [0.15, 0.2) is 0 Å². The first-order chi connectivity index (χ1) is 16.5. The van der Waals surface area contributed by atoms with Crippen LogP contribution in [0.15, 0.2) is 59.5 Å². The van der Waals surface area contributed by atoms with Crippen molar-refractivity contribution < 1.29 is 14.6 Å². The zero-order valence-electron chi connectivity index (χ0n) is 19.2. The van der Waals surface area contributed by atoms with E-state index < -0.39 is 5.97 Å². The first-order valence-corrected chi connectivity index (χ1v) is 12.1. The lowest BCUT2D eigenvalue weighted by Crippen LogP contribution is -2.38. The normalized spacial score (nSPS) is 18.9. The van der Waals surface area contributed by atoms with E-state index in [1.165, 1.54) is 0 Å². The second-order valence-corrected chi connectivity index (χ2v) is 9.75. The van der Waals surface area contributed by atoms with Gasteiger partial charge >= 0.3 is 5.97 Å². The van der Waals surface area contributed by atoms with Gasteiger partial charge in [-0.05, 0) is 65.0 Å². The Hall–Kier alpha value is -3.10. The van der Waals surface area contributed by atoms with E-state index in [0.717, 1.165) is 57.2 Å². The van der Waals surface area contributed by atoms with Crippen LogP contribution in [-0.4, -0.2) is 44.4 Å². The molecular weight excluding hydrogens is 496 g/mol. The van der Waals surface area contributed by atoms with Crippen LogP contribution in [0, 0.1) is 6.92 Å². The number of nitrogens with zero attached hydrogens (tertiary/aromatic N) is 3. The molecule has 0 aliphatic carbocycles. The number of ether oxygens (including phenoxy) is 1. The van der Waals surface area contributed by atoms with Crippen LogP contribution in [0.2, 0.25) is 0 Å². The highest BCUT2D eigenvalue weighted by Gasteiger charge is 2.34. The Morgan fingerprint density at radius 2 is 2.15 bits per heavy atom. The van der Waals surface area contributed by atoms with Crippen LogP contribution >= 0.6 is 15.9 Å². The third-order valence-electron chi connectivity index (χ3n) is 6.87. The molecule has 5 rings (SSSR count). The number of hydrogen-bond acceptors (Lipinski definition) is 4. The summed E-state index contributed by atoms with van der Waals surface area (Å²) in [6.45, 7) is 3.54. The lowest BCUT2D eigenvalue weighted by atomic mass is 9.88. The fourth-order valence-electron chi connectivity index (χ4n) is 5.23. The van der Waals surface area contributed by atoms with Crippen molar-refractivity contribution in [3.63, 3.8) is 0 Å². The molecule has 7 nitrogen and oxygen atoms in total. The molecule has 1 aliphatic heterocycles. The molecule has 8 heteroatoms. The van der Waals surface area contributed by atoms with Gasteiger partial charge in [-0.3, -0.25) is 9.58 Å². The van der Waals surface area contributed by atoms with Crippen molar-refractivity contribution in [1.29, 1.82) is 0 Å². The van der Waals surface area contributed by atoms with Crippen LogP contribution in [-0.2, 0) is 6.54 Å². The second-order valence-electron chi connectivity index (χ2n) is 8.84. The summed E-state index contributed by atoms with van der Waals surface area (Å²) in [4.78, 5) is 17.8. The number of aromatic carboxylic acids is 1. The average molecular weight is 523 g/mol. The fraction of sp³-hybridized carbons (Fsp3) is 0.308. The number of nitrogens with one attached hydrogen (secondary N) is 1. The number of carboxylic acids is 1. The fourth-order valence-corrected chi connectivity index (χ4v) is 5.53. The van der Waals surface area contributed by atoms with Crippen molar-refractivity contribution in [1.82, 2.24) is 19.7 Å². The Balaban J connectivity index is 1.56. The van der Waals surface area contributed by atoms with Gasteiger partial charge in [-0.25, -0.2) is 4.79 Å². The maximum Gasteiger partial charge on any atom is 0.336 e. The van der Waals surface area contributed by atoms with E-state index in [2.05, 4.69) is 50.0 Å². The number of fused-ring (bicyclic) bond motifs is 1. The van der Waals surface area contributed by atoms with Gasteiger partial charge in [-0.2, -0.15) is 5.10 Å². The lowest BCUT2D eigenvalue weighted by Gasteiger charge is -2.40. The molecule has 3 heterocycles. The van der Waals surface area contributed by atoms with Crippen LogP contribution in [0.25, 0.3) is 10.9 Å². The number of likely N-dealkylation sites (tertiary alicyclic amines) is 1. The van der Waals surface area contributed by atoms with Gasteiger partial charge in [0.2, 0.25) is 0 Å². The van der Waals surface area contributed by atoms with Gasteiger partial charge in [0, 0.05) is 48.0 Å². The number of methoxy groups -OCH3 is 1. The quantitative estimate of drug-likeness (QED) is 0.338. The lowest BCUT2D eigenvalue weighted by molar-refractivity contribution is 0.0682. The van der Waals surface area contributed by atoms with E-state index in [9.17, 15) is 9.90 Å². The maximum absolute atomic E-state index is 12.1. The molecule has 2 N–H and O–H groups in total.